The monoisotopic (exact) mass is 251 g/mol. The lowest BCUT2D eigenvalue weighted by Crippen LogP contribution is -2.34. The standard InChI is InChI=1S/C12H21N5O/c1-9(2)17-5-4-10(8-17)7-16(3)12(18)11-6-13-15-14-11/h6,9-10H,4-5,7-8H2,1-3H3,(H,13,14,15)/t10-/m1/s1. The van der Waals surface area contributed by atoms with E-state index in [-0.39, 0.29) is 5.91 Å². The van der Waals surface area contributed by atoms with Crippen molar-refractivity contribution in [3.63, 3.8) is 0 Å². The molecule has 1 N–H and O–H groups in total. The molecule has 2 heterocycles. The van der Waals surface area contributed by atoms with Crippen LogP contribution in [-0.4, -0.2) is 63.8 Å². The van der Waals surface area contributed by atoms with Crippen LogP contribution in [0.5, 0.6) is 0 Å². The van der Waals surface area contributed by atoms with Gasteiger partial charge < -0.3 is 9.80 Å². The van der Waals surface area contributed by atoms with Crippen LogP contribution in [0.3, 0.4) is 0 Å². The quantitative estimate of drug-likeness (QED) is 0.851. The second-order valence-corrected chi connectivity index (χ2v) is 5.28. The molecule has 0 aromatic carbocycles. The summed E-state index contributed by atoms with van der Waals surface area (Å²) in [6.07, 6.45) is 2.63. The van der Waals surface area contributed by atoms with Crippen molar-refractivity contribution >= 4 is 5.91 Å². The number of nitrogens with zero attached hydrogens (tertiary/aromatic N) is 4. The summed E-state index contributed by atoms with van der Waals surface area (Å²) in [6, 6.07) is 0.589. The van der Waals surface area contributed by atoms with Crippen molar-refractivity contribution in [2.24, 2.45) is 5.92 Å². The highest BCUT2D eigenvalue weighted by atomic mass is 16.2. The molecule has 6 heteroatoms. The van der Waals surface area contributed by atoms with Gasteiger partial charge in [0.05, 0.1) is 6.20 Å². The van der Waals surface area contributed by atoms with Gasteiger partial charge in [-0.1, -0.05) is 0 Å². The second-order valence-electron chi connectivity index (χ2n) is 5.28. The van der Waals surface area contributed by atoms with E-state index in [1.54, 1.807) is 4.90 Å². The molecule has 1 saturated heterocycles. The van der Waals surface area contributed by atoms with E-state index in [0.717, 1.165) is 26.1 Å². The van der Waals surface area contributed by atoms with Gasteiger partial charge in [-0.3, -0.25) is 4.79 Å². The van der Waals surface area contributed by atoms with Crippen LogP contribution >= 0.6 is 0 Å². The SMILES string of the molecule is CC(C)N1CC[C@H](CN(C)C(=O)c2cn[nH]n2)C1. The lowest BCUT2D eigenvalue weighted by Gasteiger charge is -2.22. The molecular formula is C12H21N5O. The van der Waals surface area contributed by atoms with Gasteiger partial charge in [0.15, 0.2) is 5.69 Å². The van der Waals surface area contributed by atoms with Crippen LogP contribution in [0.4, 0.5) is 0 Å². The molecule has 2 rings (SSSR count). The minimum absolute atomic E-state index is 0.0632. The molecule has 18 heavy (non-hydrogen) atoms. The van der Waals surface area contributed by atoms with E-state index in [9.17, 15) is 4.79 Å². The van der Waals surface area contributed by atoms with Crippen LogP contribution in [0.1, 0.15) is 30.8 Å². The summed E-state index contributed by atoms with van der Waals surface area (Å²) in [5.41, 5.74) is 0.385. The smallest absolute Gasteiger partial charge is 0.275 e. The summed E-state index contributed by atoms with van der Waals surface area (Å²) < 4.78 is 0. The third kappa shape index (κ3) is 2.87. The number of rotatable bonds is 4. The Morgan fingerprint density at radius 3 is 3.00 bits per heavy atom. The number of likely N-dealkylation sites (tertiary alicyclic amines) is 1. The van der Waals surface area contributed by atoms with Crippen molar-refractivity contribution in [2.45, 2.75) is 26.3 Å². The zero-order valence-electron chi connectivity index (χ0n) is 11.3. The largest absolute Gasteiger partial charge is 0.340 e. The average Bonchev–Trinajstić information content (AvgIpc) is 2.98. The Balaban J connectivity index is 1.85. The molecule has 1 aliphatic heterocycles. The van der Waals surface area contributed by atoms with Crippen molar-refractivity contribution in [3.8, 4) is 0 Å². The molecule has 0 spiro atoms. The van der Waals surface area contributed by atoms with E-state index in [1.165, 1.54) is 6.20 Å². The third-order valence-corrected chi connectivity index (χ3v) is 3.56. The molecule has 0 unspecified atom stereocenters. The Labute approximate surface area is 107 Å². The number of carbonyl (C=O) groups excluding carboxylic acids is 1. The topological polar surface area (TPSA) is 65.1 Å². The first kappa shape index (κ1) is 13.0. The molecule has 1 fully saturated rings. The van der Waals surface area contributed by atoms with Gasteiger partial charge in [0.2, 0.25) is 0 Å². The van der Waals surface area contributed by atoms with Gasteiger partial charge >= 0.3 is 0 Å². The lowest BCUT2D eigenvalue weighted by atomic mass is 10.1. The molecule has 1 atom stereocenters. The number of nitrogens with one attached hydrogen (secondary N) is 1. The van der Waals surface area contributed by atoms with Gasteiger partial charge in [-0.25, -0.2) is 0 Å². The second kappa shape index (κ2) is 5.48. The van der Waals surface area contributed by atoms with Crippen LogP contribution in [0.2, 0.25) is 0 Å². The molecule has 6 nitrogen and oxygen atoms in total. The van der Waals surface area contributed by atoms with Gasteiger partial charge in [0.1, 0.15) is 0 Å². The number of amides is 1. The zero-order valence-corrected chi connectivity index (χ0v) is 11.3. The van der Waals surface area contributed by atoms with E-state index >= 15 is 0 Å². The molecule has 0 radical (unpaired) electrons. The van der Waals surface area contributed by atoms with Gasteiger partial charge in [-0.2, -0.15) is 15.4 Å². The normalized spacial score (nSPS) is 20.6. The molecule has 100 valence electrons. The predicted molar refractivity (Wildman–Crippen MR) is 68.2 cm³/mol. The first-order valence-electron chi connectivity index (χ1n) is 6.43. The fourth-order valence-electron chi connectivity index (χ4n) is 2.45. The molecule has 0 bridgehead atoms. The number of hydrogen-bond acceptors (Lipinski definition) is 4. The molecule has 1 amide bonds. The predicted octanol–water partition coefficient (Wildman–Crippen LogP) is 0.607. The Hall–Kier alpha value is -1.43. The van der Waals surface area contributed by atoms with Crippen LogP contribution < -0.4 is 0 Å². The highest BCUT2D eigenvalue weighted by Gasteiger charge is 2.26. The molecule has 1 aliphatic rings. The van der Waals surface area contributed by atoms with Gasteiger partial charge in [-0.15, -0.1) is 0 Å². The van der Waals surface area contributed by atoms with Gasteiger partial charge in [-0.05, 0) is 32.7 Å². The molecule has 0 saturated carbocycles. The Bertz CT molecular complexity index is 389. The van der Waals surface area contributed by atoms with E-state index in [1.807, 2.05) is 7.05 Å². The number of aromatic amines is 1. The van der Waals surface area contributed by atoms with Crippen LogP contribution in [0.15, 0.2) is 6.20 Å². The number of hydrogen-bond donors (Lipinski definition) is 1. The minimum Gasteiger partial charge on any atom is -0.340 e. The van der Waals surface area contributed by atoms with Crippen LogP contribution in [0.25, 0.3) is 0 Å². The number of carbonyl (C=O) groups is 1. The van der Waals surface area contributed by atoms with E-state index in [2.05, 4.69) is 34.2 Å². The van der Waals surface area contributed by atoms with E-state index < -0.39 is 0 Å². The maximum absolute atomic E-state index is 12.0. The number of aromatic nitrogens is 3. The summed E-state index contributed by atoms with van der Waals surface area (Å²) in [5.74, 6) is 0.500. The number of H-pyrrole nitrogens is 1. The van der Waals surface area contributed by atoms with Gasteiger partial charge in [0, 0.05) is 26.2 Å². The first-order valence-corrected chi connectivity index (χ1v) is 6.43. The van der Waals surface area contributed by atoms with Crippen molar-refractivity contribution in [1.82, 2.24) is 25.2 Å². The highest BCUT2D eigenvalue weighted by Crippen LogP contribution is 2.19. The molecular weight excluding hydrogens is 230 g/mol. The lowest BCUT2D eigenvalue weighted by molar-refractivity contribution is 0.0766. The van der Waals surface area contributed by atoms with Crippen molar-refractivity contribution in [1.29, 1.82) is 0 Å². The summed E-state index contributed by atoms with van der Waals surface area (Å²) in [5, 5.41) is 9.94. The van der Waals surface area contributed by atoms with Crippen LogP contribution in [-0.2, 0) is 0 Å². The zero-order chi connectivity index (χ0) is 13.1. The fourth-order valence-corrected chi connectivity index (χ4v) is 2.45. The van der Waals surface area contributed by atoms with E-state index in [0.29, 0.717) is 17.7 Å². The maximum Gasteiger partial charge on any atom is 0.275 e. The Morgan fingerprint density at radius 1 is 1.67 bits per heavy atom. The van der Waals surface area contributed by atoms with Crippen LogP contribution in [0, 0.1) is 5.92 Å². The summed E-state index contributed by atoms with van der Waals surface area (Å²) in [7, 11) is 1.83. The average molecular weight is 251 g/mol. The maximum atomic E-state index is 12.0. The first-order chi connectivity index (χ1) is 8.58. The van der Waals surface area contributed by atoms with Crippen molar-refractivity contribution in [3.05, 3.63) is 11.9 Å². The highest BCUT2D eigenvalue weighted by molar-refractivity contribution is 5.91. The summed E-state index contributed by atoms with van der Waals surface area (Å²) in [4.78, 5) is 16.2. The Morgan fingerprint density at radius 2 is 2.44 bits per heavy atom. The Kier molecular flexibility index (Phi) is 3.96. The summed E-state index contributed by atoms with van der Waals surface area (Å²) >= 11 is 0. The summed E-state index contributed by atoms with van der Waals surface area (Å²) in [6.45, 7) is 7.43. The molecule has 1 aromatic rings. The van der Waals surface area contributed by atoms with E-state index in [4.69, 9.17) is 0 Å². The molecule has 1 aromatic heterocycles. The van der Waals surface area contributed by atoms with Gasteiger partial charge in [0.25, 0.3) is 5.91 Å². The van der Waals surface area contributed by atoms with Crippen molar-refractivity contribution in [2.75, 3.05) is 26.7 Å². The third-order valence-electron chi connectivity index (χ3n) is 3.56. The fraction of sp³-hybridized carbons (Fsp3) is 0.750. The minimum atomic E-state index is -0.0632. The van der Waals surface area contributed by atoms with Crippen molar-refractivity contribution < 1.29 is 4.79 Å². The molecule has 0 aliphatic carbocycles.